The average Bonchev–Trinajstić information content (AvgIpc) is 2.55. The van der Waals surface area contributed by atoms with Crippen LogP contribution in [-0.4, -0.2) is 48.1 Å². The monoisotopic (exact) mass is 286 g/mol. The van der Waals surface area contributed by atoms with Gasteiger partial charge in [0.15, 0.2) is 0 Å². The van der Waals surface area contributed by atoms with E-state index >= 15 is 0 Å². The van der Waals surface area contributed by atoms with Crippen molar-refractivity contribution >= 4 is 0 Å². The first kappa shape index (κ1) is 15.1. The highest BCUT2D eigenvalue weighted by Gasteiger charge is 2.28. The lowest BCUT2D eigenvalue weighted by Crippen LogP contribution is -2.50. The van der Waals surface area contributed by atoms with Crippen molar-refractivity contribution in [1.82, 2.24) is 9.80 Å². The topological polar surface area (TPSA) is 6.48 Å². The molecule has 21 heavy (non-hydrogen) atoms. The SMILES string of the molecule is C[C@H]1CCCCN1C1CCN(CCc2ccccc2)CC1. The van der Waals surface area contributed by atoms with Crippen molar-refractivity contribution in [1.29, 1.82) is 0 Å². The number of rotatable bonds is 4. The summed E-state index contributed by atoms with van der Waals surface area (Å²) in [5.41, 5.74) is 1.48. The summed E-state index contributed by atoms with van der Waals surface area (Å²) in [5, 5.41) is 0. The summed E-state index contributed by atoms with van der Waals surface area (Å²) in [7, 11) is 0. The molecule has 0 spiro atoms. The first-order chi connectivity index (χ1) is 10.3. The lowest BCUT2D eigenvalue weighted by molar-refractivity contribution is 0.0579. The summed E-state index contributed by atoms with van der Waals surface area (Å²) in [6.45, 7) is 7.59. The normalized spacial score (nSPS) is 26.0. The maximum atomic E-state index is 2.80. The molecule has 2 aliphatic rings. The number of piperidine rings is 2. The quantitative estimate of drug-likeness (QED) is 0.835. The van der Waals surface area contributed by atoms with Gasteiger partial charge in [0.1, 0.15) is 0 Å². The van der Waals surface area contributed by atoms with E-state index in [-0.39, 0.29) is 0 Å². The number of hydrogen-bond acceptors (Lipinski definition) is 2. The summed E-state index contributed by atoms with van der Waals surface area (Å²) in [6, 6.07) is 12.6. The van der Waals surface area contributed by atoms with Crippen LogP contribution in [-0.2, 0) is 6.42 Å². The third-order valence-corrected chi connectivity index (χ3v) is 5.44. The fourth-order valence-corrected chi connectivity index (χ4v) is 4.07. The van der Waals surface area contributed by atoms with Crippen LogP contribution in [0.1, 0.15) is 44.6 Å². The van der Waals surface area contributed by atoms with Crippen LogP contribution in [0.5, 0.6) is 0 Å². The van der Waals surface area contributed by atoms with Gasteiger partial charge < -0.3 is 4.90 Å². The standard InChI is InChI=1S/C19H30N2/c1-17-7-5-6-13-21(17)19-11-15-20(16-12-19)14-10-18-8-3-2-4-9-18/h2-4,8-9,17,19H,5-7,10-16H2,1H3/t17-/m0/s1. The Bertz CT molecular complexity index is 409. The highest BCUT2D eigenvalue weighted by Crippen LogP contribution is 2.25. The third-order valence-electron chi connectivity index (χ3n) is 5.44. The van der Waals surface area contributed by atoms with Gasteiger partial charge in [-0.05, 0) is 64.2 Å². The van der Waals surface area contributed by atoms with Crippen LogP contribution in [0.25, 0.3) is 0 Å². The summed E-state index contributed by atoms with van der Waals surface area (Å²) in [6.07, 6.45) is 8.21. The Morgan fingerprint density at radius 3 is 2.43 bits per heavy atom. The third kappa shape index (κ3) is 4.08. The van der Waals surface area contributed by atoms with Gasteiger partial charge in [-0.1, -0.05) is 36.8 Å². The van der Waals surface area contributed by atoms with E-state index in [0.717, 1.165) is 12.1 Å². The Balaban J connectivity index is 1.42. The molecule has 1 atom stereocenters. The molecule has 2 nitrogen and oxygen atoms in total. The highest BCUT2D eigenvalue weighted by atomic mass is 15.2. The van der Waals surface area contributed by atoms with Gasteiger partial charge in [0, 0.05) is 18.6 Å². The fourth-order valence-electron chi connectivity index (χ4n) is 4.07. The molecule has 2 heterocycles. The van der Waals surface area contributed by atoms with Gasteiger partial charge >= 0.3 is 0 Å². The Morgan fingerprint density at radius 1 is 0.952 bits per heavy atom. The first-order valence-corrected chi connectivity index (χ1v) is 8.85. The van der Waals surface area contributed by atoms with Gasteiger partial charge in [-0.15, -0.1) is 0 Å². The van der Waals surface area contributed by atoms with Crippen LogP contribution in [0.15, 0.2) is 30.3 Å². The zero-order valence-electron chi connectivity index (χ0n) is 13.5. The second-order valence-corrected chi connectivity index (χ2v) is 6.89. The minimum atomic E-state index is 0.819. The fraction of sp³-hybridized carbons (Fsp3) is 0.684. The highest BCUT2D eigenvalue weighted by molar-refractivity contribution is 5.14. The molecule has 0 amide bonds. The summed E-state index contributed by atoms with van der Waals surface area (Å²) >= 11 is 0. The molecule has 0 aromatic heterocycles. The molecule has 116 valence electrons. The van der Waals surface area contributed by atoms with Crippen LogP contribution in [0, 0.1) is 0 Å². The molecular formula is C19H30N2. The van der Waals surface area contributed by atoms with E-state index in [1.165, 1.54) is 70.3 Å². The molecule has 1 aromatic rings. The predicted octanol–water partition coefficient (Wildman–Crippen LogP) is 3.57. The molecule has 2 heteroatoms. The summed E-state index contributed by atoms with van der Waals surface area (Å²) in [4.78, 5) is 5.47. The van der Waals surface area contributed by atoms with Crippen molar-refractivity contribution in [3.63, 3.8) is 0 Å². The molecule has 2 saturated heterocycles. The van der Waals surface area contributed by atoms with E-state index in [0.29, 0.717) is 0 Å². The van der Waals surface area contributed by atoms with Gasteiger partial charge in [0.25, 0.3) is 0 Å². The molecule has 0 N–H and O–H groups in total. The van der Waals surface area contributed by atoms with E-state index < -0.39 is 0 Å². The van der Waals surface area contributed by atoms with Crippen molar-refractivity contribution in [2.75, 3.05) is 26.2 Å². The van der Waals surface area contributed by atoms with Gasteiger partial charge in [-0.25, -0.2) is 0 Å². The maximum absolute atomic E-state index is 2.80. The second kappa shape index (κ2) is 7.42. The van der Waals surface area contributed by atoms with E-state index in [2.05, 4.69) is 47.1 Å². The van der Waals surface area contributed by atoms with Crippen LogP contribution >= 0.6 is 0 Å². The van der Waals surface area contributed by atoms with Crippen LogP contribution in [0.3, 0.4) is 0 Å². The number of benzene rings is 1. The molecule has 0 aliphatic carbocycles. The molecule has 0 bridgehead atoms. The van der Waals surface area contributed by atoms with Crippen molar-refractivity contribution in [2.24, 2.45) is 0 Å². The zero-order valence-corrected chi connectivity index (χ0v) is 13.5. The smallest absolute Gasteiger partial charge is 0.0122 e. The number of likely N-dealkylation sites (tertiary alicyclic amines) is 2. The lowest BCUT2D eigenvalue weighted by Gasteiger charge is -2.43. The first-order valence-electron chi connectivity index (χ1n) is 8.85. The number of nitrogens with zero attached hydrogens (tertiary/aromatic N) is 2. The van der Waals surface area contributed by atoms with Crippen molar-refractivity contribution in [3.05, 3.63) is 35.9 Å². The molecule has 3 rings (SSSR count). The molecule has 0 saturated carbocycles. The average molecular weight is 286 g/mol. The summed E-state index contributed by atoms with van der Waals surface area (Å²) in [5.74, 6) is 0. The predicted molar refractivity (Wildman–Crippen MR) is 89.6 cm³/mol. The molecule has 1 aromatic carbocycles. The second-order valence-electron chi connectivity index (χ2n) is 6.89. The van der Waals surface area contributed by atoms with Crippen LogP contribution in [0.4, 0.5) is 0 Å². The summed E-state index contributed by atoms with van der Waals surface area (Å²) < 4.78 is 0. The van der Waals surface area contributed by atoms with Gasteiger partial charge in [-0.3, -0.25) is 4.90 Å². The van der Waals surface area contributed by atoms with Crippen LogP contribution < -0.4 is 0 Å². The van der Waals surface area contributed by atoms with Crippen molar-refractivity contribution in [3.8, 4) is 0 Å². The van der Waals surface area contributed by atoms with E-state index in [9.17, 15) is 0 Å². The van der Waals surface area contributed by atoms with E-state index in [4.69, 9.17) is 0 Å². The minimum absolute atomic E-state index is 0.819. The Morgan fingerprint density at radius 2 is 1.71 bits per heavy atom. The van der Waals surface area contributed by atoms with Crippen molar-refractivity contribution < 1.29 is 0 Å². The maximum Gasteiger partial charge on any atom is 0.0122 e. The van der Waals surface area contributed by atoms with Crippen molar-refractivity contribution in [2.45, 2.75) is 57.5 Å². The Hall–Kier alpha value is -0.860. The number of hydrogen-bond donors (Lipinski definition) is 0. The largest absolute Gasteiger partial charge is 0.303 e. The molecular weight excluding hydrogens is 256 g/mol. The van der Waals surface area contributed by atoms with Gasteiger partial charge in [0.05, 0.1) is 0 Å². The zero-order chi connectivity index (χ0) is 14.5. The van der Waals surface area contributed by atoms with Crippen LogP contribution in [0.2, 0.25) is 0 Å². The lowest BCUT2D eigenvalue weighted by atomic mass is 9.96. The van der Waals surface area contributed by atoms with E-state index in [1.54, 1.807) is 0 Å². The van der Waals surface area contributed by atoms with E-state index in [1.807, 2.05) is 0 Å². The molecule has 0 radical (unpaired) electrons. The minimum Gasteiger partial charge on any atom is -0.303 e. The van der Waals surface area contributed by atoms with Gasteiger partial charge in [0.2, 0.25) is 0 Å². The van der Waals surface area contributed by atoms with Gasteiger partial charge in [-0.2, -0.15) is 0 Å². The Kier molecular flexibility index (Phi) is 5.32. The Labute approximate surface area is 130 Å². The molecule has 0 unspecified atom stereocenters. The molecule has 2 aliphatic heterocycles. The molecule has 2 fully saturated rings.